The molecule has 0 radical (unpaired) electrons. The molecule has 2 saturated heterocycles. The van der Waals surface area contributed by atoms with Crippen LogP contribution >= 0.6 is 0 Å². The highest BCUT2D eigenvalue weighted by Gasteiger charge is 2.44. The molecular formula is C20H21N3O5. The van der Waals surface area contributed by atoms with Crippen LogP contribution in [0.4, 0.5) is 5.69 Å². The van der Waals surface area contributed by atoms with Gasteiger partial charge in [0.1, 0.15) is 5.75 Å². The Morgan fingerprint density at radius 2 is 1.82 bits per heavy atom. The number of benzene rings is 1. The summed E-state index contributed by atoms with van der Waals surface area (Å²) in [5.74, 6) is 0.143. The summed E-state index contributed by atoms with van der Waals surface area (Å²) in [4.78, 5) is 42.9. The summed E-state index contributed by atoms with van der Waals surface area (Å²) in [6.45, 7) is 2.00. The quantitative estimate of drug-likeness (QED) is 0.742. The number of rotatable bonds is 4. The monoisotopic (exact) mass is 383 g/mol. The molecule has 2 fully saturated rings. The molecule has 0 unspecified atom stereocenters. The standard InChI is InChI=1S/C20H21N3O5/c1-27-16-6-3-2-5-14(16)23-18(24)13-15(19(23)25)21-8-10-22(11-9-21)20(26)17-7-4-12-28-17/h2-7,12,15H,8-11,13H2,1H3/t15-/m0/s1. The van der Waals surface area contributed by atoms with Crippen molar-refractivity contribution < 1.29 is 23.5 Å². The topological polar surface area (TPSA) is 83.3 Å². The van der Waals surface area contributed by atoms with Gasteiger partial charge in [0, 0.05) is 26.2 Å². The van der Waals surface area contributed by atoms with Crippen LogP contribution in [0.15, 0.2) is 47.1 Å². The molecule has 4 rings (SSSR count). The molecule has 0 saturated carbocycles. The zero-order chi connectivity index (χ0) is 19.7. The number of hydrogen-bond acceptors (Lipinski definition) is 6. The SMILES string of the molecule is COc1ccccc1N1C(=O)C[C@H](N2CCN(C(=O)c3ccco3)CC2)C1=O. The highest BCUT2D eigenvalue weighted by molar-refractivity contribution is 6.23. The van der Waals surface area contributed by atoms with E-state index in [-0.39, 0.29) is 24.1 Å². The van der Waals surface area contributed by atoms with Gasteiger partial charge in [0.25, 0.3) is 11.8 Å². The minimum absolute atomic E-state index is 0.128. The molecule has 1 aromatic heterocycles. The number of anilines is 1. The van der Waals surface area contributed by atoms with Crippen LogP contribution in [0.2, 0.25) is 0 Å². The second kappa shape index (κ2) is 7.47. The van der Waals surface area contributed by atoms with Crippen LogP contribution in [-0.4, -0.2) is 66.9 Å². The number of carbonyl (C=O) groups is 3. The number of furan rings is 1. The molecule has 28 heavy (non-hydrogen) atoms. The summed E-state index contributed by atoms with van der Waals surface area (Å²) in [5, 5.41) is 0. The van der Waals surface area contributed by atoms with Crippen LogP contribution in [0.1, 0.15) is 17.0 Å². The molecular weight excluding hydrogens is 362 g/mol. The van der Waals surface area contributed by atoms with Crippen molar-refractivity contribution in [1.82, 2.24) is 9.80 Å². The first-order valence-electron chi connectivity index (χ1n) is 9.17. The molecule has 0 N–H and O–H groups in total. The van der Waals surface area contributed by atoms with Crippen molar-refractivity contribution in [1.29, 1.82) is 0 Å². The fourth-order valence-corrected chi connectivity index (χ4v) is 3.76. The minimum Gasteiger partial charge on any atom is -0.495 e. The number of para-hydroxylation sites is 2. The Morgan fingerprint density at radius 1 is 1.07 bits per heavy atom. The predicted octanol–water partition coefficient (Wildman–Crippen LogP) is 1.38. The molecule has 0 bridgehead atoms. The highest BCUT2D eigenvalue weighted by atomic mass is 16.5. The van der Waals surface area contributed by atoms with E-state index in [0.717, 1.165) is 0 Å². The maximum absolute atomic E-state index is 13.0. The van der Waals surface area contributed by atoms with E-state index in [9.17, 15) is 14.4 Å². The fraction of sp³-hybridized carbons (Fsp3) is 0.350. The predicted molar refractivity (Wildman–Crippen MR) is 100 cm³/mol. The molecule has 2 aliphatic heterocycles. The third kappa shape index (κ3) is 3.16. The average molecular weight is 383 g/mol. The highest BCUT2D eigenvalue weighted by Crippen LogP contribution is 2.33. The molecule has 3 heterocycles. The molecule has 2 aromatic rings. The Balaban J connectivity index is 1.44. The number of ether oxygens (including phenoxy) is 1. The first-order valence-corrected chi connectivity index (χ1v) is 9.17. The molecule has 1 aromatic carbocycles. The average Bonchev–Trinajstić information content (AvgIpc) is 3.36. The Kier molecular flexibility index (Phi) is 4.87. The van der Waals surface area contributed by atoms with Crippen LogP contribution in [-0.2, 0) is 9.59 Å². The second-order valence-corrected chi connectivity index (χ2v) is 6.76. The molecule has 2 aliphatic rings. The lowest BCUT2D eigenvalue weighted by Crippen LogP contribution is -2.53. The van der Waals surface area contributed by atoms with Gasteiger partial charge >= 0.3 is 0 Å². The molecule has 8 heteroatoms. The molecule has 8 nitrogen and oxygen atoms in total. The Morgan fingerprint density at radius 3 is 2.50 bits per heavy atom. The van der Waals surface area contributed by atoms with Crippen LogP contribution in [0, 0.1) is 0 Å². The Labute approximate surface area is 162 Å². The van der Waals surface area contributed by atoms with Crippen molar-refractivity contribution in [2.45, 2.75) is 12.5 Å². The van der Waals surface area contributed by atoms with Gasteiger partial charge in [-0.2, -0.15) is 0 Å². The lowest BCUT2D eigenvalue weighted by molar-refractivity contribution is -0.123. The summed E-state index contributed by atoms with van der Waals surface area (Å²) in [6.07, 6.45) is 1.60. The number of carbonyl (C=O) groups excluding carboxylic acids is 3. The van der Waals surface area contributed by atoms with Gasteiger partial charge in [0.2, 0.25) is 5.91 Å². The largest absolute Gasteiger partial charge is 0.495 e. The van der Waals surface area contributed by atoms with Gasteiger partial charge in [-0.15, -0.1) is 0 Å². The molecule has 1 atom stereocenters. The number of imide groups is 1. The van der Waals surface area contributed by atoms with Gasteiger partial charge in [0.05, 0.1) is 31.5 Å². The van der Waals surface area contributed by atoms with E-state index < -0.39 is 6.04 Å². The lowest BCUT2D eigenvalue weighted by Gasteiger charge is -2.36. The van der Waals surface area contributed by atoms with Gasteiger partial charge in [-0.05, 0) is 24.3 Å². The van der Waals surface area contributed by atoms with E-state index in [0.29, 0.717) is 43.4 Å². The van der Waals surface area contributed by atoms with Crippen LogP contribution in [0.3, 0.4) is 0 Å². The van der Waals surface area contributed by atoms with E-state index in [4.69, 9.17) is 9.15 Å². The summed E-state index contributed by atoms with van der Waals surface area (Å²) >= 11 is 0. The van der Waals surface area contributed by atoms with E-state index in [1.54, 1.807) is 41.3 Å². The van der Waals surface area contributed by atoms with Gasteiger partial charge in [-0.3, -0.25) is 19.3 Å². The van der Waals surface area contributed by atoms with Gasteiger partial charge in [0.15, 0.2) is 5.76 Å². The van der Waals surface area contributed by atoms with E-state index in [1.807, 2.05) is 4.90 Å². The van der Waals surface area contributed by atoms with Crippen molar-refractivity contribution in [3.05, 3.63) is 48.4 Å². The minimum atomic E-state index is -0.515. The Bertz CT molecular complexity index is 887. The maximum Gasteiger partial charge on any atom is 0.289 e. The van der Waals surface area contributed by atoms with Crippen molar-refractivity contribution in [2.24, 2.45) is 0 Å². The zero-order valence-electron chi connectivity index (χ0n) is 15.5. The van der Waals surface area contributed by atoms with Gasteiger partial charge in [-0.1, -0.05) is 12.1 Å². The number of methoxy groups -OCH3 is 1. The van der Waals surface area contributed by atoms with E-state index >= 15 is 0 Å². The van der Waals surface area contributed by atoms with Crippen LogP contribution in [0.5, 0.6) is 5.75 Å². The third-order valence-corrected chi connectivity index (χ3v) is 5.22. The van der Waals surface area contributed by atoms with Crippen LogP contribution < -0.4 is 9.64 Å². The summed E-state index contributed by atoms with van der Waals surface area (Å²) in [5.41, 5.74) is 0.467. The summed E-state index contributed by atoms with van der Waals surface area (Å²) < 4.78 is 10.5. The van der Waals surface area contributed by atoms with E-state index in [2.05, 4.69) is 0 Å². The van der Waals surface area contributed by atoms with Crippen molar-refractivity contribution in [3.8, 4) is 5.75 Å². The maximum atomic E-state index is 13.0. The zero-order valence-corrected chi connectivity index (χ0v) is 15.5. The van der Waals surface area contributed by atoms with E-state index in [1.165, 1.54) is 18.3 Å². The van der Waals surface area contributed by atoms with Gasteiger partial charge < -0.3 is 14.1 Å². The lowest BCUT2D eigenvalue weighted by atomic mass is 10.1. The summed E-state index contributed by atoms with van der Waals surface area (Å²) in [7, 11) is 1.51. The first-order chi connectivity index (χ1) is 13.6. The molecule has 0 spiro atoms. The first kappa shape index (κ1) is 18.2. The van der Waals surface area contributed by atoms with Crippen LogP contribution in [0.25, 0.3) is 0 Å². The van der Waals surface area contributed by atoms with Crippen molar-refractivity contribution >= 4 is 23.4 Å². The van der Waals surface area contributed by atoms with Gasteiger partial charge in [-0.25, -0.2) is 4.90 Å². The van der Waals surface area contributed by atoms with Crippen molar-refractivity contribution in [2.75, 3.05) is 38.2 Å². The van der Waals surface area contributed by atoms with Crippen molar-refractivity contribution in [3.63, 3.8) is 0 Å². The smallest absolute Gasteiger partial charge is 0.289 e. The Hall–Kier alpha value is -3.13. The summed E-state index contributed by atoms with van der Waals surface area (Å²) in [6, 6.07) is 9.79. The molecule has 146 valence electrons. The molecule has 3 amide bonds. The number of hydrogen-bond donors (Lipinski definition) is 0. The molecule has 0 aliphatic carbocycles. The number of nitrogens with zero attached hydrogens (tertiary/aromatic N) is 3. The number of amides is 3. The third-order valence-electron chi connectivity index (χ3n) is 5.22. The number of piperazine rings is 1. The second-order valence-electron chi connectivity index (χ2n) is 6.76. The normalized spacial score (nSPS) is 20.7. The fourth-order valence-electron chi connectivity index (χ4n) is 3.76.